The number of aromatic nitrogens is 4. The minimum absolute atomic E-state index is 0.241. The molecule has 0 spiro atoms. The summed E-state index contributed by atoms with van der Waals surface area (Å²) in [7, 11) is 1.56. The maximum Gasteiger partial charge on any atom is 0.410 e. The number of nitrogens with one attached hydrogen (secondary N) is 1. The number of piperidine rings is 1. The maximum absolute atomic E-state index is 12.2. The normalized spacial score (nSPS) is 15.5. The van der Waals surface area contributed by atoms with Gasteiger partial charge in [-0.05, 0) is 33.6 Å². The molecule has 1 fully saturated rings. The largest absolute Gasteiger partial charge is 0.481 e. The quantitative estimate of drug-likeness (QED) is 0.879. The van der Waals surface area contributed by atoms with Crippen LogP contribution in [0.3, 0.4) is 0 Å². The van der Waals surface area contributed by atoms with E-state index in [0.29, 0.717) is 24.9 Å². The van der Waals surface area contributed by atoms with E-state index in [-0.39, 0.29) is 12.1 Å². The molecule has 0 aromatic carbocycles. The Labute approximate surface area is 158 Å². The molecule has 0 unspecified atom stereocenters. The van der Waals surface area contributed by atoms with Crippen LogP contribution in [0.5, 0.6) is 5.88 Å². The summed E-state index contributed by atoms with van der Waals surface area (Å²) >= 11 is 0. The zero-order valence-corrected chi connectivity index (χ0v) is 16.2. The van der Waals surface area contributed by atoms with Gasteiger partial charge in [-0.15, -0.1) is 0 Å². The number of carbonyl (C=O) groups excluding carboxylic acids is 1. The van der Waals surface area contributed by atoms with Gasteiger partial charge in [0.15, 0.2) is 0 Å². The van der Waals surface area contributed by atoms with Gasteiger partial charge in [0.25, 0.3) is 0 Å². The fraction of sp³-hybridized carbons (Fsp3) is 0.556. The van der Waals surface area contributed by atoms with Crippen LogP contribution in [0.2, 0.25) is 0 Å². The minimum Gasteiger partial charge on any atom is -0.481 e. The number of likely N-dealkylation sites (tertiary alicyclic amines) is 1. The molecule has 3 rings (SSSR count). The van der Waals surface area contributed by atoms with Crippen molar-refractivity contribution in [2.45, 2.75) is 45.3 Å². The third-order valence-electron chi connectivity index (χ3n) is 4.19. The Bertz CT molecular complexity index is 777. The number of hydrogen-bond donors (Lipinski definition) is 1. The first-order valence-corrected chi connectivity index (χ1v) is 9.00. The summed E-state index contributed by atoms with van der Waals surface area (Å²) in [6.45, 7) is 6.94. The van der Waals surface area contributed by atoms with Gasteiger partial charge in [-0.3, -0.25) is 4.68 Å². The van der Waals surface area contributed by atoms with Crippen molar-refractivity contribution in [2.75, 3.05) is 25.5 Å². The molecule has 3 heterocycles. The first-order chi connectivity index (χ1) is 12.8. The predicted octanol–water partition coefficient (Wildman–Crippen LogP) is 3.00. The lowest BCUT2D eigenvalue weighted by atomic mass is 10.1. The van der Waals surface area contributed by atoms with Crippen molar-refractivity contribution >= 4 is 17.7 Å². The molecule has 2 aromatic heterocycles. The molecular formula is C18H26N6O3. The number of carbonyl (C=O) groups is 1. The molecule has 1 amide bonds. The molecule has 1 saturated heterocycles. The van der Waals surface area contributed by atoms with Crippen molar-refractivity contribution in [1.29, 1.82) is 0 Å². The van der Waals surface area contributed by atoms with Crippen molar-refractivity contribution < 1.29 is 14.3 Å². The molecular weight excluding hydrogens is 348 g/mol. The number of amides is 1. The Kier molecular flexibility index (Phi) is 5.48. The van der Waals surface area contributed by atoms with E-state index in [0.717, 1.165) is 18.5 Å². The van der Waals surface area contributed by atoms with E-state index in [1.807, 2.05) is 31.6 Å². The van der Waals surface area contributed by atoms with E-state index in [4.69, 9.17) is 9.47 Å². The van der Waals surface area contributed by atoms with E-state index >= 15 is 0 Å². The highest BCUT2D eigenvalue weighted by atomic mass is 16.6. The molecule has 1 aliphatic heterocycles. The van der Waals surface area contributed by atoms with Gasteiger partial charge in [0.05, 0.1) is 25.0 Å². The highest BCUT2D eigenvalue weighted by Gasteiger charge is 2.27. The number of hydrogen-bond acceptors (Lipinski definition) is 7. The topological polar surface area (TPSA) is 94.4 Å². The SMILES string of the molecule is COc1ccnc(Nc2cnn(C3CCN(C(=O)OC(C)(C)C)CC3)c2)n1. The van der Waals surface area contributed by atoms with Crippen LogP contribution in [0.15, 0.2) is 24.7 Å². The molecule has 9 nitrogen and oxygen atoms in total. The Morgan fingerprint density at radius 3 is 2.70 bits per heavy atom. The van der Waals surface area contributed by atoms with E-state index in [1.54, 1.807) is 30.5 Å². The van der Waals surface area contributed by atoms with Crippen LogP contribution in [-0.2, 0) is 4.74 Å². The van der Waals surface area contributed by atoms with Crippen LogP contribution in [0.25, 0.3) is 0 Å². The lowest BCUT2D eigenvalue weighted by Crippen LogP contribution is -2.42. The van der Waals surface area contributed by atoms with Crippen LogP contribution < -0.4 is 10.1 Å². The summed E-state index contributed by atoms with van der Waals surface area (Å²) in [6, 6.07) is 1.93. The van der Waals surface area contributed by atoms with Crippen LogP contribution in [0.4, 0.5) is 16.4 Å². The molecule has 1 N–H and O–H groups in total. The zero-order valence-electron chi connectivity index (χ0n) is 16.2. The first kappa shape index (κ1) is 18.9. The van der Waals surface area contributed by atoms with Crippen molar-refractivity contribution in [2.24, 2.45) is 0 Å². The van der Waals surface area contributed by atoms with Gasteiger partial charge >= 0.3 is 6.09 Å². The minimum atomic E-state index is -0.474. The van der Waals surface area contributed by atoms with E-state index in [9.17, 15) is 4.79 Å². The van der Waals surface area contributed by atoms with Crippen LogP contribution in [0.1, 0.15) is 39.7 Å². The third-order valence-corrected chi connectivity index (χ3v) is 4.19. The second-order valence-electron chi connectivity index (χ2n) is 7.46. The Hall–Kier alpha value is -2.84. The van der Waals surface area contributed by atoms with Gasteiger partial charge in [0, 0.05) is 31.5 Å². The van der Waals surface area contributed by atoms with E-state index < -0.39 is 5.60 Å². The van der Waals surface area contributed by atoms with Gasteiger partial charge in [0.1, 0.15) is 5.60 Å². The van der Waals surface area contributed by atoms with Gasteiger partial charge in [-0.1, -0.05) is 0 Å². The summed E-state index contributed by atoms with van der Waals surface area (Å²) in [5.74, 6) is 0.947. The monoisotopic (exact) mass is 374 g/mol. The van der Waals surface area contributed by atoms with Crippen LogP contribution in [-0.4, -0.2) is 56.5 Å². The number of methoxy groups -OCH3 is 1. The lowest BCUT2D eigenvalue weighted by molar-refractivity contribution is 0.0185. The molecule has 0 radical (unpaired) electrons. The fourth-order valence-corrected chi connectivity index (χ4v) is 2.89. The average Bonchev–Trinajstić information content (AvgIpc) is 3.09. The second-order valence-corrected chi connectivity index (χ2v) is 7.46. The second kappa shape index (κ2) is 7.81. The maximum atomic E-state index is 12.2. The number of ether oxygens (including phenoxy) is 2. The Morgan fingerprint density at radius 1 is 1.30 bits per heavy atom. The van der Waals surface area contributed by atoms with Gasteiger partial charge < -0.3 is 19.7 Å². The summed E-state index contributed by atoms with van der Waals surface area (Å²) < 4.78 is 12.5. The molecule has 27 heavy (non-hydrogen) atoms. The van der Waals surface area contributed by atoms with Crippen LogP contribution >= 0.6 is 0 Å². The molecule has 1 aliphatic rings. The predicted molar refractivity (Wildman–Crippen MR) is 100 cm³/mol. The third kappa shape index (κ3) is 5.08. The summed E-state index contributed by atoms with van der Waals surface area (Å²) in [5, 5.41) is 7.56. The Morgan fingerprint density at radius 2 is 2.04 bits per heavy atom. The van der Waals surface area contributed by atoms with Crippen LogP contribution in [0, 0.1) is 0 Å². The number of anilines is 2. The number of rotatable bonds is 4. The molecule has 9 heteroatoms. The van der Waals surface area contributed by atoms with Crippen molar-refractivity contribution in [3.8, 4) is 5.88 Å². The zero-order chi connectivity index (χ0) is 19.4. The first-order valence-electron chi connectivity index (χ1n) is 9.00. The van der Waals surface area contributed by atoms with E-state index in [1.165, 1.54) is 0 Å². The molecule has 0 saturated carbocycles. The summed E-state index contributed by atoms with van der Waals surface area (Å²) in [4.78, 5) is 22.3. The highest BCUT2D eigenvalue weighted by molar-refractivity contribution is 5.68. The lowest BCUT2D eigenvalue weighted by Gasteiger charge is -2.33. The summed E-state index contributed by atoms with van der Waals surface area (Å²) in [5.41, 5.74) is 0.330. The van der Waals surface area contributed by atoms with Crippen molar-refractivity contribution in [3.05, 3.63) is 24.7 Å². The van der Waals surface area contributed by atoms with Gasteiger partial charge in [-0.25, -0.2) is 9.78 Å². The summed E-state index contributed by atoms with van der Waals surface area (Å²) in [6.07, 6.45) is 6.70. The highest BCUT2D eigenvalue weighted by Crippen LogP contribution is 2.25. The molecule has 0 atom stereocenters. The fourth-order valence-electron chi connectivity index (χ4n) is 2.89. The Balaban J connectivity index is 1.56. The van der Waals surface area contributed by atoms with Crippen molar-refractivity contribution in [1.82, 2.24) is 24.6 Å². The standard InChI is InChI=1S/C18H26N6O3/c1-18(2,3)27-17(25)23-9-6-14(7-10-23)24-12-13(11-20-24)21-16-19-8-5-15(22-16)26-4/h5,8,11-12,14H,6-7,9-10H2,1-4H3,(H,19,21,22). The smallest absolute Gasteiger partial charge is 0.410 e. The molecule has 0 bridgehead atoms. The molecule has 0 aliphatic carbocycles. The van der Waals surface area contributed by atoms with E-state index in [2.05, 4.69) is 20.4 Å². The number of nitrogens with zero attached hydrogens (tertiary/aromatic N) is 5. The molecule has 146 valence electrons. The van der Waals surface area contributed by atoms with Gasteiger partial charge in [0.2, 0.25) is 11.8 Å². The molecule has 2 aromatic rings. The average molecular weight is 374 g/mol. The van der Waals surface area contributed by atoms with Gasteiger partial charge in [-0.2, -0.15) is 10.1 Å². The van der Waals surface area contributed by atoms with Crippen molar-refractivity contribution in [3.63, 3.8) is 0 Å².